The minimum atomic E-state index is -0.502. The number of hydrogen-bond donors (Lipinski definition) is 2. The van der Waals surface area contributed by atoms with E-state index in [0.717, 1.165) is 25.9 Å². The van der Waals surface area contributed by atoms with Crippen molar-refractivity contribution >= 4 is 11.7 Å². The van der Waals surface area contributed by atoms with Crippen LogP contribution in [-0.2, 0) is 4.79 Å². The highest BCUT2D eigenvalue weighted by molar-refractivity contribution is 6.02. The van der Waals surface area contributed by atoms with Crippen molar-refractivity contribution in [3.05, 3.63) is 0 Å². The van der Waals surface area contributed by atoms with Gasteiger partial charge in [0.2, 0.25) is 5.91 Å². The molecule has 1 amide bonds. The first-order chi connectivity index (χ1) is 8.51. The average Bonchev–Trinajstić information content (AvgIpc) is 2.76. The Morgan fingerprint density at radius 1 is 1.61 bits per heavy atom. The lowest BCUT2D eigenvalue weighted by Gasteiger charge is -2.29. The van der Waals surface area contributed by atoms with Crippen molar-refractivity contribution in [1.29, 1.82) is 0 Å². The van der Waals surface area contributed by atoms with E-state index in [0.29, 0.717) is 6.42 Å². The molecule has 0 bridgehead atoms. The van der Waals surface area contributed by atoms with Gasteiger partial charge in [0.1, 0.15) is 0 Å². The highest BCUT2D eigenvalue weighted by Gasteiger charge is 2.34. The summed E-state index contributed by atoms with van der Waals surface area (Å²) >= 11 is 0. The first-order valence-electron chi connectivity index (χ1n) is 6.43. The Labute approximate surface area is 108 Å². The summed E-state index contributed by atoms with van der Waals surface area (Å²) in [6.45, 7) is 3.50. The largest absolute Gasteiger partial charge is 0.409 e. The third-order valence-electron chi connectivity index (χ3n) is 3.41. The van der Waals surface area contributed by atoms with Gasteiger partial charge in [-0.05, 0) is 33.4 Å². The topological polar surface area (TPSA) is 82.2 Å². The number of nitrogens with zero attached hydrogens (tertiary/aromatic N) is 3. The predicted octanol–water partition coefficient (Wildman–Crippen LogP) is 0.312. The second-order valence-electron chi connectivity index (χ2n) is 5.08. The Morgan fingerprint density at radius 3 is 2.78 bits per heavy atom. The second-order valence-corrected chi connectivity index (χ2v) is 5.08. The molecule has 6 heteroatoms. The van der Waals surface area contributed by atoms with Crippen LogP contribution in [0.5, 0.6) is 0 Å². The summed E-state index contributed by atoms with van der Waals surface area (Å²) in [6.07, 6.45) is 2.60. The molecule has 0 saturated carbocycles. The minimum absolute atomic E-state index is 0.0120. The molecule has 6 nitrogen and oxygen atoms in total. The van der Waals surface area contributed by atoms with Gasteiger partial charge in [-0.1, -0.05) is 12.1 Å². The predicted molar refractivity (Wildman–Crippen MR) is 70.5 cm³/mol. The highest BCUT2D eigenvalue weighted by atomic mass is 16.4. The van der Waals surface area contributed by atoms with Crippen LogP contribution >= 0.6 is 0 Å². The van der Waals surface area contributed by atoms with E-state index in [2.05, 4.69) is 10.1 Å². The monoisotopic (exact) mass is 256 g/mol. The number of likely N-dealkylation sites (tertiary alicyclic amines) is 1. The maximum absolute atomic E-state index is 12.4. The quantitative estimate of drug-likeness (QED) is 0.321. The summed E-state index contributed by atoms with van der Waals surface area (Å²) in [5, 5.41) is 11.7. The zero-order chi connectivity index (χ0) is 13.7. The van der Waals surface area contributed by atoms with E-state index >= 15 is 0 Å². The van der Waals surface area contributed by atoms with Gasteiger partial charge in [0.25, 0.3) is 0 Å². The molecule has 1 rings (SSSR count). The average molecular weight is 256 g/mol. The summed E-state index contributed by atoms with van der Waals surface area (Å²) in [5.74, 6) is -0.507. The van der Waals surface area contributed by atoms with E-state index in [1.807, 2.05) is 25.9 Å². The standard InChI is InChI=1S/C12H24N4O2/c1-4-10(11(13)14-18)12(17)16-7-5-6-9(16)8-15(2)3/h9-10,18H,4-8H2,1-3H3,(H2,13,14). The number of nitrogens with two attached hydrogens (primary N) is 1. The SMILES string of the molecule is CCC(C(=O)N1CCCC1CN(C)C)C(N)=NO. The maximum atomic E-state index is 12.4. The summed E-state index contributed by atoms with van der Waals surface area (Å²) in [5.41, 5.74) is 5.59. The zero-order valence-electron chi connectivity index (χ0n) is 11.5. The Balaban J connectivity index is 2.75. The van der Waals surface area contributed by atoms with Crippen LogP contribution in [0.3, 0.4) is 0 Å². The van der Waals surface area contributed by atoms with Crippen LogP contribution in [0.25, 0.3) is 0 Å². The molecule has 2 atom stereocenters. The molecule has 0 spiro atoms. The molecule has 1 aliphatic rings. The molecule has 1 saturated heterocycles. The normalized spacial score (nSPS) is 22.6. The van der Waals surface area contributed by atoms with Gasteiger partial charge in [0.15, 0.2) is 5.84 Å². The van der Waals surface area contributed by atoms with Crippen LogP contribution in [0.15, 0.2) is 5.16 Å². The smallest absolute Gasteiger partial charge is 0.233 e. The molecule has 3 N–H and O–H groups in total. The van der Waals surface area contributed by atoms with Crippen LogP contribution in [0.4, 0.5) is 0 Å². The van der Waals surface area contributed by atoms with E-state index < -0.39 is 5.92 Å². The molecular weight excluding hydrogens is 232 g/mol. The van der Waals surface area contributed by atoms with E-state index in [4.69, 9.17) is 10.9 Å². The first kappa shape index (κ1) is 14.8. The van der Waals surface area contributed by atoms with Gasteiger partial charge < -0.3 is 20.7 Å². The van der Waals surface area contributed by atoms with Crippen LogP contribution in [0, 0.1) is 5.92 Å². The third-order valence-corrected chi connectivity index (χ3v) is 3.41. The van der Waals surface area contributed by atoms with Gasteiger partial charge >= 0.3 is 0 Å². The third kappa shape index (κ3) is 3.35. The molecule has 1 aliphatic heterocycles. The molecule has 0 aromatic rings. The number of amides is 1. The molecule has 2 unspecified atom stereocenters. The van der Waals surface area contributed by atoms with E-state index in [9.17, 15) is 4.79 Å². The van der Waals surface area contributed by atoms with Crippen molar-refractivity contribution in [2.45, 2.75) is 32.2 Å². The molecule has 1 heterocycles. The van der Waals surface area contributed by atoms with Crippen molar-refractivity contribution in [3.63, 3.8) is 0 Å². The zero-order valence-corrected chi connectivity index (χ0v) is 11.5. The van der Waals surface area contributed by atoms with Gasteiger partial charge in [0, 0.05) is 19.1 Å². The fourth-order valence-corrected chi connectivity index (χ4v) is 2.52. The fourth-order valence-electron chi connectivity index (χ4n) is 2.52. The number of oxime groups is 1. The lowest BCUT2D eigenvalue weighted by molar-refractivity contribution is -0.134. The first-order valence-corrected chi connectivity index (χ1v) is 6.43. The second kappa shape index (κ2) is 6.58. The Kier molecular flexibility index (Phi) is 5.40. The Hall–Kier alpha value is -1.30. The lowest BCUT2D eigenvalue weighted by atomic mass is 10.0. The van der Waals surface area contributed by atoms with Gasteiger partial charge in [-0.15, -0.1) is 0 Å². The number of amidine groups is 1. The van der Waals surface area contributed by atoms with E-state index in [1.165, 1.54) is 0 Å². The van der Waals surface area contributed by atoms with Gasteiger partial charge in [-0.2, -0.15) is 0 Å². The van der Waals surface area contributed by atoms with Crippen LogP contribution in [-0.4, -0.2) is 60.0 Å². The number of carbonyl (C=O) groups is 1. The number of hydrogen-bond acceptors (Lipinski definition) is 4. The van der Waals surface area contributed by atoms with E-state index in [1.54, 1.807) is 0 Å². The Morgan fingerprint density at radius 2 is 2.28 bits per heavy atom. The summed E-state index contributed by atoms with van der Waals surface area (Å²) < 4.78 is 0. The van der Waals surface area contributed by atoms with Crippen LogP contribution in [0.2, 0.25) is 0 Å². The Bertz CT molecular complexity index is 317. The molecule has 1 fully saturated rings. The molecule has 104 valence electrons. The molecule has 0 aromatic heterocycles. The fraction of sp³-hybridized carbons (Fsp3) is 0.833. The molecule has 18 heavy (non-hydrogen) atoms. The molecule has 0 aromatic carbocycles. The van der Waals surface area contributed by atoms with Crippen LogP contribution < -0.4 is 5.73 Å². The maximum Gasteiger partial charge on any atom is 0.233 e. The van der Waals surface area contributed by atoms with Crippen LogP contribution in [0.1, 0.15) is 26.2 Å². The summed E-state index contributed by atoms with van der Waals surface area (Å²) in [7, 11) is 4.00. The van der Waals surface area contributed by atoms with Crippen molar-refractivity contribution < 1.29 is 10.0 Å². The molecule has 0 aliphatic carbocycles. The van der Waals surface area contributed by atoms with Gasteiger partial charge in [-0.25, -0.2) is 0 Å². The van der Waals surface area contributed by atoms with Crippen molar-refractivity contribution in [2.24, 2.45) is 16.8 Å². The molecule has 0 radical (unpaired) electrons. The van der Waals surface area contributed by atoms with Gasteiger partial charge in [0.05, 0.1) is 5.92 Å². The van der Waals surface area contributed by atoms with E-state index in [-0.39, 0.29) is 17.8 Å². The molecular formula is C12H24N4O2. The summed E-state index contributed by atoms with van der Waals surface area (Å²) in [4.78, 5) is 16.4. The number of rotatable bonds is 5. The van der Waals surface area contributed by atoms with Crippen molar-refractivity contribution in [3.8, 4) is 0 Å². The lowest BCUT2D eigenvalue weighted by Crippen LogP contribution is -2.47. The minimum Gasteiger partial charge on any atom is -0.409 e. The van der Waals surface area contributed by atoms with Crippen molar-refractivity contribution in [2.75, 3.05) is 27.2 Å². The summed E-state index contributed by atoms with van der Waals surface area (Å²) in [6, 6.07) is 0.244. The van der Waals surface area contributed by atoms with Crippen molar-refractivity contribution in [1.82, 2.24) is 9.80 Å². The number of carbonyl (C=O) groups excluding carboxylic acids is 1. The number of likely N-dealkylation sites (N-methyl/N-ethyl adjacent to an activating group) is 1. The van der Waals surface area contributed by atoms with Gasteiger partial charge in [-0.3, -0.25) is 4.79 Å². The highest BCUT2D eigenvalue weighted by Crippen LogP contribution is 2.21.